The van der Waals surface area contributed by atoms with E-state index in [9.17, 15) is 9.59 Å². The summed E-state index contributed by atoms with van der Waals surface area (Å²) in [6.45, 7) is 4.69. The molecule has 0 aliphatic rings. The van der Waals surface area contributed by atoms with Crippen LogP contribution in [0.25, 0.3) is 11.1 Å². The summed E-state index contributed by atoms with van der Waals surface area (Å²) in [5.74, 6) is -0.363. The fourth-order valence-corrected chi connectivity index (χ4v) is 2.14. The number of oxazole rings is 1. The SMILES string of the molecule is CCCCC(=O)Nc1ccc2c(c1)oc(=O)n2CCC. The van der Waals surface area contributed by atoms with Gasteiger partial charge in [0.05, 0.1) is 5.52 Å². The van der Waals surface area contributed by atoms with Gasteiger partial charge in [-0.15, -0.1) is 0 Å². The standard InChI is InChI=1S/C15H20N2O3/c1-3-5-6-14(18)16-11-7-8-12-13(10-11)20-15(19)17(12)9-4-2/h7-8,10H,3-6,9H2,1-2H3,(H,16,18). The van der Waals surface area contributed by atoms with E-state index in [4.69, 9.17) is 4.42 Å². The lowest BCUT2D eigenvalue weighted by Crippen LogP contribution is -2.13. The first kappa shape index (κ1) is 14.4. The zero-order valence-corrected chi connectivity index (χ0v) is 11.9. The lowest BCUT2D eigenvalue weighted by Gasteiger charge is -2.04. The van der Waals surface area contributed by atoms with Crippen molar-refractivity contribution in [3.05, 3.63) is 28.7 Å². The minimum atomic E-state index is -0.351. The number of hydrogen-bond acceptors (Lipinski definition) is 3. The molecule has 0 aliphatic carbocycles. The molecule has 1 amide bonds. The molecule has 2 aromatic rings. The number of fused-ring (bicyclic) bond motifs is 1. The molecule has 1 heterocycles. The van der Waals surface area contributed by atoms with Crippen LogP contribution in [0.1, 0.15) is 39.5 Å². The highest BCUT2D eigenvalue weighted by Gasteiger charge is 2.10. The quantitative estimate of drug-likeness (QED) is 0.881. The molecular weight excluding hydrogens is 256 g/mol. The van der Waals surface area contributed by atoms with Crippen molar-refractivity contribution in [3.8, 4) is 0 Å². The summed E-state index contributed by atoms with van der Waals surface area (Å²) in [5, 5.41) is 2.82. The Labute approximate surface area is 117 Å². The second-order valence-corrected chi connectivity index (χ2v) is 4.85. The van der Waals surface area contributed by atoms with Crippen LogP contribution < -0.4 is 11.1 Å². The van der Waals surface area contributed by atoms with Gasteiger partial charge in [0.1, 0.15) is 0 Å². The number of nitrogens with one attached hydrogen (secondary N) is 1. The fourth-order valence-electron chi connectivity index (χ4n) is 2.14. The van der Waals surface area contributed by atoms with Gasteiger partial charge in [0.15, 0.2) is 5.58 Å². The molecule has 1 N–H and O–H groups in total. The van der Waals surface area contributed by atoms with Crippen LogP contribution in [0.2, 0.25) is 0 Å². The predicted octanol–water partition coefficient (Wildman–Crippen LogP) is 3.13. The van der Waals surface area contributed by atoms with Crippen molar-refractivity contribution in [2.45, 2.75) is 46.1 Å². The summed E-state index contributed by atoms with van der Waals surface area (Å²) >= 11 is 0. The zero-order valence-electron chi connectivity index (χ0n) is 11.9. The second kappa shape index (κ2) is 6.41. The van der Waals surface area contributed by atoms with E-state index >= 15 is 0 Å². The molecule has 0 saturated heterocycles. The number of aryl methyl sites for hydroxylation is 1. The summed E-state index contributed by atoms with van der Waals surface area (Å²) in [7, 11) is 0. The Morgan fingerprint density at radius 2 is 2.10 bits per heavy atom. The molecule has 0 radical (unpaired) electrons. The van der Waals surface area contributed by atoms with Gasteiger partial charge in [-0.2, -0.15) is 0 Å². The predicted molar refractivity (Wildman–Crippen MR) is 78.9 cm³/mol. The van der Waals surface area contributed by atoms with Crippen LogP contribution in [0.15, 0.2) is 27.4 Å². The molecule has 0 spiro atoms. The average Bonchev–Trinajstić information content (AvgIpc) is 2.73. The van der Waals surface area contributed by atoms with Crippen molar-refractivity contribution in [1.82, 2.24) is 4.57 Å². The highest BCUT2D eigenvalue weighted by atomic mass is 16.4. The van der Waals surface area contributed by atoms with Gasteiger partial charge in [0.25, 0.3) is 0 Å². The molecule has 2 rings (SSSR count). The Hall–Kier alpha value is -2.04. The van der Waals surface area contributed by atoms with Crippen LogP contribution in [0.3, 0.4) is 0 Å². The third-order valence-corrected chi connectivity index (χ3v) is 3.16. The topological polar surface area (TPSA) is 64.2 Å². The molecule has 1 aromatic heterocycles. The van der Waals surface area contributed by atoms with Crippen LogP contribution in [-0.4, -0.2) is 10.5 Å². The maximum absolute atomic E-state index is 11.7. The van der Waals surface area contributed by atoms with Crippen molar-refractivity contribution in [3.63, 3.8) is 0 Å². The van der Waals surface area contributed by atoms with E-state index in [0.717, 1.165) is 24.8 Å². The second-order valence-electron chi connectivity index (χ2n) is 4.85. The van der Waals surface area contributed by atoms with Gasteiger partial charge < -0.3 is 9.73 Å². The van der Waals surface area contributed by atoms with Gasteiger partial charge in [-0.05, 0) is 25.0 Å². The molecule has 108 valence electrons. The van der Waals surface area contributed by atoms with Crippen molar-refractivity contribution in [2.24, 2.45) is 0 Å². The van der Waals surface area contributed by atoms with Gasteiger partial charge in [-0.1, -0.05) is 20.3 Å². The Morgan fingerprint density at radius 1 is 1.30 bits per heavy atom. The molecule has 0 fully saturated rings. The number of aromatic nitrogens is 1. The number of benzene rings is 1. The van der Waals surface area contributed by atoms with Crippen molar-refractivity contribution >= 4 is 22.7 Å². The lowest BCUT2D eigenvalue weighted by molar-refractivity contribution is -0.116. The minimum Gasteiger partial charge on any atom is -0.408 e. The summed E-state index contributed by atoms with van der Waals surface area (Å²) in [5.41, 5.74) is 1.94. The first-order valence-corrected chi connectivity index (χ1v) is 7.09. The van der Waals surface area contributed by atoms with Crippen LogP contribution in [0.4, 0.5) is 5.69 Å². The van der Waals surface area contributed by atoms with E-state index < -0.39 is 0 Å². The van der Waals surface area contributed by atoms with Gasteiger partial charge in [0.2, 0.25) is 5.91 Å². The maximum atomic E-state index is 11.7. The molecule has 0 atom stereocenters. The van der Waals surface area contributed by atoms with Crippen molar-refractivity contribution in [2.75, 3.05) is 5.32 Å². The number of hydrogen-bond donors (Lipinski definition) is 1. The number of carbonyl (C=O) groups excluding carboxylic acids is 1. The molecule has 0 unspecified atom stereocenters. The number of nitrogens with zero attached hydrogens (tertiary/aromatic N) is 1. The molecule has 0 aliphatic heterocycles. The van der Waals surface area contributed by atoms with Crippen molar-refractivity contribution < 1.29 is 9.21 Å². The first-order chi connectivity index (χ1) is 9.65. The van der Waals surface area contributed by atoms with E-state index in [0.29, 0.717) is 24.2 Å². The first-order valence-electron chi connectivity index (χ1n) is 7.09. The number of anilines is 1. The fraction of sp³-hybridized carbons (Fsp3) is 0.467. The summed E-state index contributed by atoms with van der Waals surface area (Å²) in [6, 6.07) is 5.31. The van der Waals surface area contributed by atoms with E-state index in [2.05, 4.69) is 5.32 Å². The number of unbranched alkanes of at least 4 members (excludes halogenated alkanes) is 1. The number of carbonyl (C=O) groups is 1. The van der Waals surface area contributed by atoms with E-state index in [1.165, 1.54) is 0 Å². The molecule has 5 nitrogen and oxygen atoms in total. The molecule has 0 bridgehead atoms. The number of rotatable bonds is 6. The van der Waals surface area contributed by atoms with Gasteiger partial charge in [0, 0.05) is 24.7 Å². The van der Waals surface area contributed by atoms with Crippen LogP contribution >= 0.6 is 0 Å². The lowest BCUT2D eigenvalue weighted by atomic mass is 10.2. The van der Waals surface area contributed by atoms with E-state index in [-0.39, 0.29) is 11.7 Å². The van der Waals surface area contributed by atoms with Crippen LogP contribution in [0.5, 0.6) is 0 Å². The Bertz CT molecular complexity index is 655. The minimum absolute atomic E-state index is 0.0125. The molecule has 0 saturated carbocycles. The Balaban J connectivity index is 2.22. The molecular formula is C15H20N2O3. The monoisotopic (exact) mass is 276 g/mol. The van der Waals surface area contributed by atoms with Crippen LogP contribution in [0, 0.1) is 0 Å². The van der Waals surface area contributed by atoms with E-state index in [1.54, 1.807) is 16.7 Å². The molecule has 20 heavy (non-hydrogen) atoms. The highest BCUT2D eigenvalue weighted by Crippen LogP contribution is 2.19. The van der Waals surface area contributed by atoms with Gasteiger partial charge in [-0.25, -0.2) is 4.79 Å². The average molecular weight is 276 g/mol. The zero-order chi connectivity index (χ0) is 14.5. The van der Waals surface area contributed by atoms with Crippen LogP contribution in [-0.2, 0) is 11.3 Å². The van der Waals surface area contributed by atoms with Gasteiger partial charge in [-0.3, -0.25) is 9.36 Å². The normalized spacial score (nSPS) is 10.9. The molecule has 1 aromatic carbocycles. The molecule has 5 heteroatoms. The maximum Gasteiger partial charge on any atom is 0.419 e. The third kappa shape index (κ3) is 3.10. The third-order valence-electron chi connectivity index (χ3n) is 3.16. The smallest absolute Gasteiger partial charge is 0.408 e. The summed E-state index contributed by atoms with van der Waals surface area (Å²) in [6.07, 6.45) is 3.23. The van der Waals surface area contributed by atoms with Crippen molar-refractivity contribution in [1.29, 1.82) is 0 Å². The van der Waals surface area contributed by atoms with E-state index in [1.807, 2.05) is 19.9 Å². The Morgan fingerprint density at radius 3 is 2.80 bits per heavy atom. The van der Waals surface area contributed by atoms with Gasteiger partial charge >= 0.3 is 5.76 Å². The highest BCUT2D eigenvalue weighted by molar-refractivity contribution is 5.92. The summed E-state index contributed by atoms with van der Waals surface area (Å²) in [4.78, 5) is 23.4. The summed E-state index contributed by atoms with van der Waals surface area (Å²) < 4.78 is 6.82. The largest absolute Gasteiger partial charge is 0.419 e. The Kier molecular flexibility index (Phi) is 4.61. The number of amides is 1.